The van der Waals surface area contributed by atoms with Crippen LogP contribution in [0.4, 0.5) is 4.39 Å². The van der Waals surface area contributed by atoms with Crippen LogP contribution in [0.5, 0.6) is 0 Å². The van der Waals surface area contributed by atoms with Gasteiger partial charge >= 0.3 is 0 Å². The molecule has 0 aromatic carbocycles. The molecule has 4 fully saturated rings. The van der Waals surface area contributed by atoms with Gasteiger partial charge in [-0.25, -0.2) is 4.39 Å². The second-order valence-corrected chi connectivity index (χ2v) is 8.77. The average Bonchev–Trinajstić information content (AvgIpc) is 3.08. The summed E-state index contributed by atoms with van der Waals surface area (Å²) in [5.74, 6) is -0.0982. The van der Waals surface area contributed by atoms with Gasteiger partial charge in [-0.2, -0.15) is 5.26 Å². The number of fused-ring (bicyclic) bond motifs is 3. The number of rotatable bonds is 7. The highest BCUT2D eigenvalue weighted by Crippen LogP contribution is 2.52. The van der Waals surface area contributed by atoms with Crippen molar-refractivity contribution >= 4 is 11.8 Å². The molecule has 3 aliphatic carbocycles. The van der Waals surface area contributed by atoms with Crippen LogP contribution in [0.2, 0.25) is 0 Å². The minimum atomic E-state index is -1.12. The summed E-state index contributed by atoms with van der Waals surface area (Å²) < 4.78 is 18.7. The molecule has 0 unspecified atom stereocenters. The third-order valence-electron chi connectivity index (χ3n) is 6.86. The quantitative estimate of drug-likeness (QED) is 0.678. The number of methoxy groups -OCH3 is 1. The number of halogens is 1. The Labute approximate surface area is 166 Å². The predicted molar refractivity (Wildman–Crippen MR) is 101 cm³/mol. The summed E-state index contributed by atoms with van der Waals surface area (Å²) in [4.78, 5) is 26.6. The summed E-state index contributed by atoms with van der Waals surface area (Å²) in [5, 5.41) is 15.6. The SMILES string of the molecule is COC[C@H](C)NC(=O)C12CCC(NCC(=O)N3C[C@@H](F)C[C@H]3C#N)(CC1)CC2. The maximum absolute atomic E-state index is 13.6. The van der Waals surface area contributed by atoms with E-state index in [1.807, 2.05) is 13.0 Å². The van der Waals surface area contributed by atoms with Crippen molar-refractivity contribution < 1.29 is 18.7 Å². The van der Waals surface area contributed by atoms with E-state index in [9.17, 15) is 14.0 Å². The molecule has 1 heterocycles. The first-order valence-electron chi connectivity index (χ1n) is 10.2. The van der Waals surface area contributed by atoms with E-state index in [4.69, 9.17) is 10.00 Å². The zero-order valence-corrected chi connectivity index (χ0v) is 16.8. The number of nitriles is 1. The number of nitrogens with zero attached hydrogens (tertiary/aromatic N) is 2. The third-order valence-corrected chi connectivity index (χ3v) is 6.86. The van der Waals surface area contributed by atoms with Crippen molar-refractivity contribution in [3.8, 4) is 6.07 Å². The normalized spacial score (nSPS) is 35.4. The molecule has 1 saturated heterocycles. The Morgan fingerprint density at radius 1 is 1.29 bits per heavy atom. The van der Waals surface area contributed by atoms with Crippen LogP contribution in [-0.2, 0) is 14.3 Å². The molecule has 8 heteroatoms. The van der Waals surface area contributed by atoms with E-state index in [1.165, 1.54) is 4.90 Å². The number of carbonyl (C=O) groups excluding carboxylic acids is 2. The number of hydrogen-bond acceptors (Lipinski definition) is 5. The molecule has 4 aliphatic rings. The first-order valence-corrected chi connectivity index (χ1v) is 10.2. The average molecular weight is 394 g/mol. The lowest BCUT2D eigenvalue weighted by Gasteiger charge is -2.53. The monoisotopic (exact) mass is 394 g/mol. The van der Waals surface area contributed by atoms with Crippen molar-refractivity contribution in [1.29, 1.82) is 5.26 Å². The van der Waals surface area contributed by atoms with Gasteiger partial charge in [0.05, 0.1) is 25.8 Å². The zero-order chi connectivity index (χ0) is 20.4. The van der Waals surface area contributed by atoms with Gasteiger partial charge in [0.25, 0.3) is 0 Å². The highest BCUT2D eigenvalue weighted by Gasteiger charge is 2.52. The van der Waals surface area contributed by atoms with Gasteiger partial charge in [-0.1, -0.05) is 0 Å². The van der Waals surface area contributed by atoms with Gasteiger partial charge in [-0.05, 0) is 45.4 Å². The number of likely N-dealkylation sites (tertiary alicyclic amines) is 1. The van der Waals surface area contributed by atoms with Gasteiger partial charge < -0.3 is 20.3 Å². The van der Waals surface area contributed by atoms with E-state index in [0.717, 1.165) is 38.5 Å². The minimum absolute atomic E-state index is 0.00861. The summed E-state index contributed by atoms with van der Waals surface area (Å²) in [6, 6.07) is 1.35. The summed E-state index contributed by atoms with van der Waals surface area (Å²) in [5.41, 5.74) is -0.440. The van der Waals surface area contributed by atoms with Crippen LogP contribution in [0.1, 0.15) is 51.9 Å². The van der Waals surface area contributed by atoms with Crippen LogP contribution in [0.25, 0.3) is 0 Å². The maximum Gasteiger partial charge on any atom is 0.237 e. The Bertz CT molecular complexity index is 625. The van der Waals surface area contributed by atoms with Crippen molar-refractivity contribution in [1.82, 2.24) is 15.5 Å². The van der Waals surface area contributed by atoms with Gasteiger partial charge in [-0.3, -0.25) is 9.59 Å². The lowest BCUT2D eigenvalue weighted by atomic mass is 9.57. The Morgan fingerprint density at radius 2 is 1.93 bits per heavy atom. The number of amides is 2. The molecule has 3 saturated carbocycles. The van der Waals surface area contributed by atoms with Crippen molar-refractivity contribution in [3.63, 3.8) is 0 Å². The van der Waals surface area contributed by atoms with E-state index in [0.29, 0.717) is 6.61 Å². The van der Waals surface area contributed by atoms with Gasteiger partial charge in [0.2, 0.25) is 11.8 Å². The Kier molecular flexibility index (Phi) is 6.25. The Balaban J connectivity index is 1.52. The fraction of sp³-hybridized carbons (Fsp3) is 0.850. The van der Waals surface area contributed by atoms with Gasteiger partial charge in [0.1, 0.15) is 12.2 Å². The van der Waals surface area contributed by atoms with Crippen molar-refractivity contribution in [2.75, 3.05) is 26.8 Å². The van der Waals surface area contributed by atoms with Gasteiger partial charge in [-0.15, -0.1) is 0 Å². The highest BCUT2D eigenvalue weighted by atomic mass is 19.1. The first kappa shape index (κ1) is 21.0. The second kappa shape index (κ2) is 8.34. The summed E-state index contributed by atoms with van der Waals surface area (Å²) in [6.45, 7) is 2.56. The topological polar surface area (TPSA) is 94.5 Å². The molecule has 0 radical (unpaired) electrons. The lowest BCUT2D eigenvalue weighted by molar-refractivity contribution is -0.140. The molecule has 3 atom stereocenters. The summed E-state index contributed by atoms with van der Waals surface area (Å²) in [7, 11) is 1.62. The van der Waals surface area contributed by atoms with Crippen molar-refractivity contribution in [2.24, 2.45) is 5.41 Å². The lowest BCUT2D eigenvalue weighted by Crippen LogP contribution is -2.60. The number of ether oxygens (including phenoxy) is 1. The number of alkyl halides is 1. The molecular weight excluding hydrogens is 363 g/mol. The first-order chi connectivity index (χ1) is 13.3. The van der Waals surface area contributed by atoms with Crippen LogP contribution in [0.3, 0.4) is 0 Å². The Morgan fingerprint density at radius 3 is 2.50 bits per heavy atom. The largest absolute Gasteiger partial charge is 0.383 e. The van der Waals surface area contributed by atoms with E-state index in [1.54, 1.807) is 7.11 Å². The molecule has 2 amide bonds. The number of carbonyl (C=O) groups is 2. The second-order valence-electron chi connectivity index (χ2n) is 8.77. The van der Waals surface area contributed by atoms with Crippen molar-refractivity contribution in [3.05, 3.63) is 0 Å². The minimum Gasteiger partial charge on any atom is -0.383 e. The maximum atomic E-state index is 13.6. The third kappa shape index (κ3) is 4.15. The molecule has 0 spiro atoms. The number of nitrogens with one attached hydrogen (secondary N) is 2. The van der Waals surface area contributed by atoms with E-state index in [2.05, 4.69) is 10.6 Å². The summed E-state index contributed by atoms with van der Waals surface area (Å²) >= 11 is 0. The van der Waals surface area contributed by atoms with Crippen LogP contribution >= 0.6 is 0 Å². The van der Waals surface area contributed by atoms with E-state index in [-0.39, 0.29) is 48.3 Å². The van der Waals surface area contributed by atoms with Crippen molar-refractivity contribution in [2.45, 2.75) is 75.7 Å². The molecule has 28 heavy (non-hydrogen) atoms. The fourth-order valence-corrected chi connectivity index (χ4v) is 5.01. The van der Waals surface area contributed by atoms with Crippen LogP contribution in [0.15, 0.2) is 0 Å². The molecule has 4 rings (SSSR count). The molecule has 0 aromatic heterocycles. The predicted octanol–water partition coefficient (Wildman–Crippen LogP) is 1.28. The molecule has 1 aliphatic heterocycles. The fourth-order valence-electron chi connectivity index (χ4n) is 5.01. The highest BCUT2D eigenvalue weighted by molar-refractivity contribution is 5.83. The Hall–Kier alpha value is -1.72. The van der Waals surface area contributed by atoms with Gasteiger partial charge in [0, 0.05) is 30.5 Å². The van der Waals surface area contributed by atoms with E-state index >= 15 is 0 Å². The summed E-state index contributed by atoms with van der Waals surface area (Å²) in [6.07, 6.45) is 3.94. The van der Waals surface area contributed by atoms with Gasteiger partial charge in [0.15, 0.2) is 0 Å². The standard InChI is InChI=1S/C20H31FN4O3/c1-14(13-28-2)24-18(27)19-3-6-20(7-4-19,8-5-19)23-11-17(26)25-12-15(21)9-16(25)10-22/h14-16,23H,3-9,11-13H2,1-2H3,(H,24,27)/t14-,15-,16-,19?,20?/m0/s1. The smallest absolute Gasteiger partial charge is 0.237 e. The molecule has 2 N–H and O–H groups in total. The van der Waals surface area contributed by atoms with Crippen LogP contribution < -0.4 is 10.6 Å². The molecule has 156 valence electrons. The number of hydrogen-bond donors (Lipinski definition) is 2. The van der Waals surface area contributed by atoms with Crippen LogP contribution in [0, 0.1) is 16.7 Å². The molecular formula is C20H31FN4O3. The molecule has 0 aromatic rings. The van der Waals surface area contributed by atoms with E-state index < -0.39 is 12.2 Å². The molecule has 2 bridgehead atoms. The molecule has 7 nitrogen and oxygen atoms in total. The van der Waals surface area contributed by atoms with Crippen LogP contribution in [-0.4, -0.2) is 67.3 Å². The zero-order valence-electron chi connectivity index (χ0n) is 16.8.